The third-order valence-corrected chi connectivity index (χ3v) is 9.31. The Morgan fingerprint density at radius 1 is 0.500 bits per heavy atom. The Labute approximate surface area is 177 Å². The molecule has 0 amide bonds. The van der Waals surface area contributed by atoms with Crippen molar-refractivity contribution in [1.82, 2.24) is 0 Å². The van der Waals surface area contributed by atoms with Gasteiger partial charge in [-0.25, -0.2) is 4.39 Å². The first-order valence-corrected chi connectivity index (χ1v) is 11.1. The molecule has 0 aliphatic rings. The Kier molecular flexibility index (Phi) is 6.78. The molecular formula is C25H22BrFP. The van der Waals surface area contributed by atoms with E-state index in [2.05, 4.69) is 72.8 Å². The second kappa shape index (κ2) is 9.28. The van der Waals surface area contributed by atoms with E-state index in [0.29, 0.717) is 6.16 Å². The van der Waals surface area contributed by atoms with Crippen molar-refractivity contribution in [3.63, 3.8) is 0 Å². The van der Waals surface area contributed by atoms with Crippen molar-refractivity contribution in [3.8, 4) is 0 Å². The molecule has 0 aliphatic heterocycles. The van der Waals surface area contributed by atoms with E-state index in [0.717, 1.165) is 5.56 Å². The maximum Gasteiger partial charge on any atom is 0.126 e. The predicted molar refractivity (Wildman–Crippen MR) is 126 cm³/mol. The Bertz CT molecular complexity index is 907. The molecular weight excluding hydrogens is 430 g/mol. The average molecular weight is 452 g/mol. The summed E-state index contributed by atoms with van der Waals surface area (Å²) in [7, 11) is -2.04. The van der Waals surface area contributed by atoms with Crippen LogP contribution in [0.4, 0.5) is 4.39 Å². The molecule has 0 heterocycles. The number of hydrogen-bond acceptors (Lipinski definition) is 0. The lowest BCUT2D eigenvalue weighted by Crippen LogP contribution is -2.32. The monoisotopic (exact) mass is 451 g/mol. The van der Waals surface area contributed by atoms with Crippen molar-refractivity contribution in [2.75, 3.05) is 0 Å². The standard InChI is InChI=1S/C25H21FP.BrH/c26-25-19-11-10-12-21(25)20-27(22-13-4-1-5-14-22,23-15-6-2-7-16-23)24-17-8-3-9-18-24;/h1-19H,20H2;1H. The molecule has 0 unspecified atom stereocenters. The molecule has 0 fully saturated rings. The van der Waals surface area contributed by atoms with Gasteiger partial charge in [-0.1, -0.05) is 109 Å². The van der Waals surface area contributed by atoms with Gasteiger partial charge in [0.2, 0.25) is 0 Å². The van der Waals surface area contributed by atoms with Crippen molar-refractivity contribution in [3.05, 3.63) is 127 Å². The zero-order valence-electron chi connectivity index (χ0n) is 15.4. The van der Waals surface area contributed by atoms with E-state index >= 15 is 0 Å². The molecule has 0 saturated heterocycles. The fourth-order valence-corrected chi connectivity index (χ4v) is 7.90. The van der Waals surface area contributed by atoms with Crippen LogP contribution in [0.2, 0.25) is 0 Å². The molecule has 1 radical (unpaired) electrons. The van der Waals surface area contributed by atoms with E-state index < -0.39 is 7.26 Å². The summed E-state index contributed by atoms with van der Waals surface area (Å²) >= 11 is 0. The molecule has 0 atom stereocenters. The molecule has 4 aromatic rings. The van der Waals surface area contributed by atoms with E-state index in [1.54, 1.807) is 12.1 Å². The predicted octanol–water partition coefficient (Wildman–Crippen LogP) is 5.90. The number of hydrogen-bond donors (Lipinski definition) is 0. The summed E-state index contributed by atoms with van der Waals surface area (Å²) in [6, 6.07) is 38.9. The third-order valence-electron chi connectivity index (χ3n) is 4.96. The summed E-state index contributed by atoms with van der Waals surface area (Å²) in [5.74, 6) is -0.135. The second-order valence-corrected chi connectivity index (χ2v) is 10.1. The molecule has 0 spiro atoms. The fraction of sp³-hybridized carbons (Fsp3) is 0.0400. The van der Waals surface area contributed by atoms with Gasteiger partial charge in [-0.3, -0.25) is 0 Å². The van der Waals surface area contributed by atoms with E-state index in [4.69, 9.17) is 0 Å². The Balaban J connectivity index is 0.00000225. The van der Waals surface area contributed by atoms with E-state index in [-0.39, 0.29) is 22.8 Å². The van der Waals surface area contributed by atoms with Crippen LogP contribution in [-0.4, -0.2) is 0 Å². The van der Waals surface area contributed by atoms with Crippen LogP contribution in [0.25, 0.3) is 0 Å². The van der Waals surface area contributed by atoms with Gasteiger partial charge in [-0.2, -0.15) is 0 Å². The van der Waals surface area contributed by atoms with Gasteiger partial charge in [0.05, 0.1) is 0 Å². The molecule has 0 aliphatic carbocycles. The third kappa shape index (κ3) is 3.94. The zero-order valence-corrected chi connectivity index (χ0v) is 18.0. The zero-order chi connectivity index (χ0) is 18.5. The fourth-order valence-electron chi connectivity index (χ4n) is 3.65. The number of rotatable bonds is 5. The highest BCUT2D eigenvalue weighted by molar-refractivity contribution is 8.93. The molecule has 0 bridgehead atoms. The summed E-state index contributed by atoms with van der Waals surface area (Å²) in [4.78, 5) is 0. The van der Waals surface area contributed by atoms with Crippen LogP contribution in [0.15, 0.2) is 115 Å². The lowest BCUT2D eigenvalue weighted by Gasteiger charge is -2.38. The van der Waals surface area contributed by atoms with E-state index in [9.17, 15) is 4.39 Å². The lowest BCUT2D eigenvalue weighted by molar-refractivity contribution is 0.617. The molecule has 4 aromatic carbocycles. The largest absolute Gasteiger partial charge is 0.207 e. The number of halogens is 2. The molecule has 0 nitrogen and oxygen atoms in total. The van der Waals surface area contributed by atoms with Gasteiger partial charge >= 0.3 is 0 Å². The molecule has 28 heavy (non-hydrogen) atoms. The van der Waals surface area contributed by atoms with Gasteiger partial charge in [0, 0.05) is 6.16 Å². The lowest BCUT2D eigenvalue weighted by atomic mass is 10.2. The van der Waals surface area contributed by atoms with Crippen LogP contribution in [0.1, 0.15) is 5.56 Å². The topological polar surface area (TPSA) is 0 Å². The summed E-state index contributed by atoms with van der Waals surface area (Å²) in [6.45, 7) is 0. The summed E-state index contributed by atoms with van der Waals surface area (Å²) in [5.41, 5.74) is 0.766. The van der Waals surface area contributed by atoms with Crippen molar-refractivity contribution in [1.29, 1.82) is 0 Å². The molecule has 0 aromatic heterocycles. The molecule has 0 saturated carbocycles. The second-order valence-electron chi connectivity index (χ2n) is 6.57. The SMILES string of the molecule is Br.Fc1ccccc1C[P](c1ccccc1)(c1ccccc1)c1ccccc1. The first kappa shape index (κ1) is 20.5. The Hall–Kier alpha value is -2.28. The minimum Gasteiger partial charge on any atom is -0.207 e. The van der Waals surface area contributed by atoms with Crippen LogP contribution in [-0.2, 0) is 6.16 Å². The maximum absolute atomic E-state index is 14.7. The smallest absolute Gasteiger partial charge is 0.126 e. The van der Waals surface area contributed by atoms with Crippen LogP contribution >= 0.6 is 24.2 Å². The molecule has 0 N–H and O–H groups in total. The maximum atomic E-state index is 14.7. The molecule has 141 valence electrons. The van der Waals surface area contributed by atoms with Crippen molar-refractivity contribution in [2.24, 2.45) is 0 Å². The molecule has 4 rings (SSSR count). The first-order valence-electron chi connectivity index (χ1n) is 9.09. The van der Waals surface area contributed by atoms with Crippen LogP contribution in [0, 0.1) is 5.82 Å². The highest BCUT2D eigenvalue weighted by atomic mass is 79.9. The van der Waals surface area contributed by atoms with Crippen LogP contribution < -0.4 is 15.9 Å². The molecule has 3 heteroatoms. The van der Waals surface area contributed by atoms with Crippen LogP contribution in [0.5, 0.6) is 0 Å². The summed E-state index contributed by atoms with van der Waals surface area (Å²) in [6.07, 6.45) is 0.664. The van der Waals surface area contributed by atoms with Crippen LogP contribution in [0.3, 0.4) is 0 Å². The normalized spacial score (nSPS) is 10.9. The van der Waals surface area contributed by atoms with Crippen molar-refractivity contribution >= 4 is 40.2 Å². The minimum absolute atomic E-state index is 0. The average Bonchev–Trinajstić information content (AvgIpc) is 2.75. The van der Waals surface area contributed by atoms with Gasteiger partial charge < -0.3 is 0 Å². The Morgan fingerprint density at radius 2 is 0.857 bits per heavy atom. The van der Waals surface area contributed by atoms with E-state index in [1.165, 1.54) is 15.9 Å². The van der Waals surface area contributed by atoms with E-state index in [1.807, 2.05) is 30.3 Å². The quantitative estimate of drug-likeness (QED) is 0.331. The summed E-state index contributed by atoms with van der Waals surface area (Å²) in [5, 5.41) is 3.81. The minimum atomic E-state index is -2.04. The van der Waals surface area contributed by atoms with Gasteiger partial charge in [0.25, 0.3) is 0 Å². The highest BCUT2D eigenvalue weighted by Crippen LogP contribution is 2.58. The number of benzene rings is 4. The van der Waals surface area contributed by atoms with Crippen molar-refractivity contribution < 1.29 is 4.39 Å². The summed E-state index contributed by atoms with van der Waals surface area (Å²) < 4.78 is 14.7. The van der Waals surface area contributed by atoms with Gasteiger partial charge in [0.1, 0.15) is 5.82 Å². The van der Waals surface area contributed by atoms with Crippen molar-refractivity contribution in [2.45, 2.75) is 6.16 Å². The Morgan fingerprint density at radius 3 is 1.25 bits per heavy atom. The van der Waals surface area contributed by atoms with Gasteiger partial charge in [-0.05, 0) is 34.8 Å². The van der Waals surface area contributed by atoms with Gasteiger partial charge in [-0.15, -0.1) is 17.0 Å². The first-order chi connectivity index (χ1) is 13.3. The highest BCUT2D eigenvalue weighted by Gasteiger charge is 2.34. The van der Waals surface area contributed by atoms with Gasteiger partial charge in [0.15, 0.2) is 0 Å².